The smallest absolute Gasteiger partial charge is 0.337 e. The van der Waals surface area contributed by atoms with Crippen LogP contribution in [0.1, 0.15) is 39.2 Å². The van der Waals surface area contributed by atoms with Gasteiger partial charge in [-0.1, -0.05) is 32.9 Å². The maximum atomic E-state index is 13.2. The van der Waals surface area contributed by atoms with Crippen LogP contribution in [0.15, 0.2) is 23.0 Å². The largest absolute Gasteiger partial charge is 0.368 e. The first-order valence-corrected chi connectivity index (χ1v) is 10.1. The maximum absolute atomic E-state index is 13.2. The number of likely N-dealkylation sites (tertiary alicyclic amines) is 1. The number of halogens is 1. The Morgan fingerprint density at radius 1 is 1.17 bits per heavy atom. The van der Waals surface area contributed by atoms with Crippen molar-refractivity contribution in [3.05, 3.63) is 34.2 Å². The molecule has 1 aromatic heterocycles. The lowest BCUT2D eigenvalue weighted by Crippen LogP contribution is -2.54. The van der Waals surface area contributed by atoms with Gasteiger partial charge in [0, 0.05) is 13.1 Å². The second-order valence-corrected chi connectivity index (χ2v) is 8.91. The van der Waals surface area contributed by atoms with E-state index in [9.17, 15) is 14.4 Å². The van der Waals surface area contributed by atoms with Crippen LogP contribution in [0, 0.1) is 12.3 Å². The van der Waals surface area contributed by atoms with Crippen molar-refractivity contribution in [3.8, 4) is 0 Å². The Labute approximate surface area is 182 Å². The van der Waals surface area contributed by atoms with Crippen LogP contribution in [0.5, 0.6) is 0 Å². The lowest BCUT2D eigenvalue weighted by atomic mass is 9.86. The fourth-order valence-corrected chi connectivity index (χ4v) is 4.05. The summed E-state index contributed by atoms with van der Waals surface area (Å²) in [5.74, 6) is -0.632. The second-order valence-electron chi connectivity index (χ2n) is 8.91. The Balaban J connectivity index is 0.00000320. The number of aryl methyl sites for hydroxylation is 1. The van der Waals surface area contributed by atoms with Gasteiger partial charge in [0.25, 0.3) is 0 Å². The summed E-state index contributed by atoms with van der Waals surface area (Å²) < 4.78 is 2.78. The number of imidazole rings is 1. The third-order valence-corrected chi connectivity index (χ3v) is 5.61. The Bertz CT molecular complexity index is 983. The molecule has 9 heteroatoms. The normalized spacial score (nSPS) is 15.7. The van der Waals surface area contributed by atoms with E-state index in [0.717, 1.165) is 35.3 Å². The number of benzene rings is 1. The number of nitrogens with zero attached hydrogens (tertiary/aromatic N) is 3. The summed E-state index contributed by atoms with van der Waals surface area (Å²) in [7, 11) is 0. The number of fused-ring (bicyclic) bond motifs is 1. The molecular formula is C21H32ClN5O3. The summed E-state index contributed by atoms with van der Waals surface area (Å²) in [6, 6.07) is 3.98. The molecule has 0 bridgehead atoms. The maximum Gasteiger partial charge on any atom is 0.337 e. The summed E-state index contributed by atoms with van der Waals surface area (Å²) in [6.07, 6.45) is 2.36. The van der Waals surface area contributed by atoms with E-state index in [1.54, 1.807) is 10.6 Å². The van der Waals surface area contributed by atoms with Crippen LogP contribution in [0.3, 0.4) is 0 Å². The van der Waals surface area contributed by atoms with Crippen LogP contribution in [0.2, 0.25) is 0 Å². The minimum atomic E-state index is -0.894. The van der Waals surface area contributed by atoms with Gasteiger partial charge in [0.2, 0.25) is 5.91 Å². The molecule has 2 aromatic rings. The quantitative estimate of drug-likeness (QED) is 0.747. The van der Waals surface area contributed by atoms with Gasteiger partial charge in [-0.3, -0.25) is 9.36 Å². The van der Waals surface area contributed by atoms with Crippen LogP contribution >= 0.6 is 12.4 Å². The molecule has 30 heavy (non-hydrogen) atoms. The van der Waals surface area contributed by atoms with Gasteiger partial charge in [-0.2, -0.15) is 0 Å². The van der Waals surface area contributed by atoms with E-state index in [1.807, 2.05) is 39.8 Å². The summed E-state index contributed by atoms with van der Waals surface area (Å²) in [5, 5.41) is 2.66. The molecule has 3 N–H and O–H groups in total. The molecule has 1 aliphatic heterocycles. The lowest BCUT2D eigenvalue weighted by Gasteiger charge is -2.28. The molecule has 2 amide bonds. The number of aromatic nitrogens is 2. The Hall–Kier alpha value is -2.32. The second kappa shape index (κ2) is 9.22. The number of primary amides is 1. The molecule has 1 atom stereocenters. The molecule has 0 saturated carbocycles. The summed E-state index contributed by atoms with van der Waals surface area (Å²) in [5.41, 5.74) is 6.73. The Morgan fingerprint density at radius 3 is 2.37 bits per heavy atom. The Morgan fingerprint density at radius 2 is 1.80 bits per heavy atom. The first-order valence-electron chi connectivity index (χ1n) is 10.1. The van der Waals surface area contributed by atoms with E-state index in [0.29, 0.717) is 12.1 Å². The molecule has 1 aliphatic rings. The average Bonchev–Trinajstić information content (AvgIpc) is 3.23. The first kappa shape index (κ1) is 24.0. The molecule has 1 aromatic carbocycles. The van der Waals surface area contributed by atoms with Gasteiger partial charge in [-0.15, -0.1) is 12.4 Å². The van der Waals surface area contributed by atoms with Crippen LogP contribution in [0.25, 0.3) is 11.0 Å². The molecule has 0 radical (unpaired) electrons. The van der Waals surface area contributed by atoms with Crippen LogP contribution < -0.4 is 16.7 Å². The van der Waals surface area contributed by atoms with Crippen LogP contribution in [-0.2, 0) is 11.3 Å². The number of nitrogens with two attached hydrogens (primary N) is 1. The standard InChI is InChI=1S/C21H31N5O3.ClH/c1-14-8-7-9-15-16(14)25(13-12-24-10-5-6-11-24)20(29)26(15)19(28)23-17(18(22)27)21(2,3)4;/h7-9,17H,5-6,10-13H2,1-4H3,(H2,22,27)(H,23,28);1H/t17-;/m1./s1. The predicted molar refractivity (Wildman–Crippen MR) is 120 cm³/mol. The van der Waals surface area contributed by atoms with Crippen molar-refractivity contribution in [2.45, 2.75) is 53.1 Å². The zero-order valence-corrected chi connectivity index (χ0v) is 18.9. The van der Waals surface area contributed by atoms with E-state index in [4.69, 9.17) is 5.73 Å². The minimum absolute atomic E-state index is 0. The highest BCUT2D eigenvalue weighted by Gasteiger charge is 2.32. The SMILES string of the molecule is Cc1cccc2c1n(CCN1CCCC1)c(=O)n2C(=O)N[C@H](C(N)=O)C(C)(C)C.Cl. The van der Waals surface area contributed by atoms with Gasteiger partial charge in [0.15, 0.2) is 0 Å². The van der Waals surface area contributed by atoms with Gasteiger partial charge in [-0.25, -0.2) is 14.2 Å². The van der Waals surface area contributed by atoms with Crippen LogP contribution in [-0.4, -0.2) is 51.6 Å². The molecule has 0 aliphatic carbocycles. The van der Waals surface area contributed by atoms with Gasteiger partial charge in [0.05, 0.1) is 11.0 Å². The zero-order valence-electron chi connectivity index (χ0n) is 18.1. The average molecular weight is 438 g/mol. The summed E-state index contributed by atoms with van der Waals surface area (Å²) in [4.78, 5) is 40.5. The fraction of sp³-hybridized carbons (Fsp3) is 0.571. The minimum Gasteiger partial charge on any atom is -0.368 e. The molecule has 2 heterocycles. The van der Waals surface area contributed by atoms with E-state index in [-0.39, 0.29) is 12.4 Å². The van der Waals surface area contributed by atoms with E-state index in [2.05, 4.69) is 10.2 Å². The highest BCUT2D eigenvalue weighted by molar-refractivity contribution is 5.93. The van der Waals surface area contributed by atoms with Crippen molar-refractivity contribution >= 4 is 35.4 Å². The summed E-state index contributed by atoms with van der Waals surface area (Å²) in [6.45, 7) is 10.7. The third-order valence-electron chi connectivity index (χ3n) is 5.61. The number of carbonyl (C=O) groups is 2. The van der Waals surface area contributed by atoms with E-state index >= 15 is 0 Å². The highest BCUT2D eigenvalue weighted by Crippen LogP contribution is 2.21. The number of amides is 2. The van der Waals surface area contributed by atoms with Crippen molar-refractivity contribution in [1.29, 1.82) is 0 Å². The van der Waals surface area contributed by atoms with E-state index < -0.39 is 29.1 Å². The third kappa shape index (κ3) is 4.70. The van der Waals surface area contributed by atoms with E-state index in [1.165, 1.54) is 12.8 Å². The lowest BCUT2D eigenvalue weighted by molar-refractivity contribution is -0.122. The van der Waals surface area contributed by atoms with Crippen molar-refractivity contribution < 1.29 is 9.59 Å². The number of nitrogens with one attached hydrogen (secondary N) is 1. The van der Waals surface area contributed by atoms with Gasteiger partial charge in [-0.05, 0) is 49.9 Å². The number of para-hydroxylation sites is 1. The van der Waals surface area contributed by atoms with Crippen molar-refractivity contribution in [1.82, 2.24) is 19.4 Å². The van der Waals surface area contributed by atoms with Gasteiger partial charge >= 0.3 is 11.7 Å². The number of hydrogen-bond acceptors (Lipinski definition) is 4. The van der Waals surface area contributed by atoms with Gasteiger partial charge < -0.3 is 16.0 Å². The molecule has 1 saturated heterocycles. The number of hydrogen-bond donors (Lipinski definition) is 2. The molecule has 0 unspecified atom stereocenters. The topological polar surface area (TPSA) is 102 Å². The molecule has 1 fully saturated rings. The summed E-state index contributed by atoms with van der Waals surface area (Å²) >= 11 is 0. The highest BCUT2D eigenvalue weighted by atomic mass is 35.5. The van der Waals surface area contributed by atoms with Crippen molar-refractivity contribution in [2.24, 2.45) is 11.1 Å². The number of carbonyl (C=O) groups excluding carboxylic acids is 2. The van der Waals surface area contributed by atoms with Crippen LogP contribution in [0.4, 0.5) is 4.79 Å². The first-order chi connectivity index (χ1) is 13.6. The van der Waals surface area contributed by atoms with Gasteiger partial charge in [0.1, 0.15) is 6.04 Å². The predicted octanol–water partition coefficient (Wildman–Crippen LogP) is 2.09. The Kier molecular flexibility index (Phi) is 7.36. The molecule has 0 spiro atoms. The molecule has 166 valence electrons. The molecular weight excluding hydrogens is 406 g/mol. The zero-order chi connectivity index (χ0) is 21.3. The number of rotatable bonds is 5. The van der Waals surface area contributed by atoms with Crippen molar-refractivity contribution in [3.63, 3.8) is 0 Å². The monoisotopic (exact) mass is 437 g/mol. The van der Waals surface area contributed by atoms with Crippen molar-refractivity contribution in [2.75, 3.05) is 19.6 Å². The molecule has 8 nitrogen and oxygen atoms in total. The molecule has 3 rings (SSSR count). The fourth-order valence-electron chi connectivity index (χ4n) is 4.05.